The van der Waals surface area contributed by atoms with Crippen molar-refractivity contribution < 1.29 is 56.2 Å². The molecular weight excluding hydrogens is 654 g/mol. The number of carbonyl (C=O) groups is 2. The second-order valence-corrected chi connectivity index (χ2v) is 15.9. The molecule has 0 heterocycles. The van der Waals surface area contributed by atoms with Crippen LogP contribution >= 0.6 is 0 Å². The molecule has 0 amide bonds. The monoisotopic (exact) mass is 678 g/mol. The second-order valence-electron chi connectivity index (χ2n) is 7.19. The molecule has 172 valence electrons. The molecule has 34 heavy (non-hydrogen) atoms. The summed E-state index contributed by atoms with van der Waals surface area (Å²) in [6.07, 6.45) is 0. The average molecular weight is 678 g/mol. The van der Waals surface area contributed by atoms with Crippen LogP contribution in [0.1, 0.15) is 6.92 Å². The number of halogens is 2. The van der Waals surface area contributed by atoms with Crippen LogP contribution in [0.3, 0.4) is 0 Å². The van der Waals surface area contributed by atoms with E-state index >= 15 is 0 Å². The van der Waals surface area contributed by atoms with E-state index in [4.69, 9.17) is 6.13 Å². The van der Waals surface area contributed by atoms with Gasteiger partial charge in [0.2, 0.25) is 0 Å². The Labute approximate surface area is 215 Å². The summed E-state index contributed by atoms with van der Waals surface area (Å²) in [5.41, 5.74) is 0. The highest BCUT2D eigenvalue weighted by atomic mass is 127. The smallest absolute Gasteiger partial charge is 0.246 e. The van der Waals surface area contributed by atoms with Gasteiger partial charge in [0.1, 0.15) is 0 Å². The van der Waals surface area contributed by atoms with Crippen molar-refractivity contribution in [3.8, 4) is 0 Å². The molecule has 4 aromatic rings. The van der Waals surface area contributed by atoms with E-state index in [-0.39, 0.29) is 0 Å². The summed E-state index contributed by atoms with van der Waals surface area (Å²) < 4.78 is 16.0. The molecule has 0 atom stereocenters. The Bertz CT molecular complexity index is 1030. The van der Waals surface area contributed by atoms with Gasteiger partial charge in [0.15, 0.2) is 20.2 Å². The lowest BCUT2D eigenvalue weighted by Gasteiger charge is -2.10. The van der Waals surface area contributed by atoms with Crippen LogP contribution in [0.5, 0.6) is 0 Å². The summed E-state index contributed by atoms with van der Waals surface area (Å²) >= 11 is -5.04. The van der Waals surface area contributed by atoms with Gasteiger partial charge >= 0.3 is 52.4 Å². The van der Waals surface area contributed by atoms with Crippen molar-refractivity contribution in [1.29, 1.82) is 0 Å². The summed E-state index contributed by atoms with van der Waals surface area (Å²) in [6.45, 7) is 1.57. The van der Waals surface area contributed by atoms with E-state index in [1.807, 2.05) is 121 Å². The molecule has 0 aromatic heterocycles. The molecule has 0 unspecified atom stereocenters. The zero-order valence-electron chi connectivity index (χ0n) is 18.5. The molecule has 0 N–H and O–H groups in total. The standard InChI is InChI=1S/C28H24I2O4/c1-22(27(31)33-29(23-14-6-2-7-15-23)24-16-8-3-9-17-24)28(32)34-30(25-18-10-4-11-19-25)26-20-12-5-13-21-26/h2-22H,1H3/q+2. The van der Waals surface area contributed by atoms with E-state index in [1.165, 1.54) is 0 Å². The minimum absolute atomic E-state index is 0.542. The van der Waals surface area contributed by atoms with Crippen LogP contribution in [0.2, 0.25) is 0 Å². The van der Waals surface area contributed by atoms with Crippen molar-refractivity contribution in [2.45, 2.75) is 6.92 Å². The van der Waals surface area contributed by atoms with Gasteiger partial charge in [0.25, 0.3) is 0 Å². The van der Waals surface area contributed by atoms with Gasteiger partial charge in [-0.15, -0.1) is 0 Å². The molecule has 4 aromatic carbocycles. The first-order valence-electron chi connectivity index (χ1n) is 10.7. The maximum Gasteiger partial charge on any atom is 0.374 e. The minimum Gasteiger partial charge on any atom is -0.246 e. The van der Waals surface area contributed by atoms with E-state index in [0.29, 0.717) is 0 Å². The molecule has 0 fully saturated rings. The summed E-state index contributed by atoms with van der Waals surface area (Å²) in [4.78, 5) is 26.3. The van der Waals surface area contributed by atoms with E-state index in [0.717, 1.165) is 14.3 Å². The first kappa shape index (κ1) is 24.4. The summed E-state index contributed by atoms with van der Waals surface area (Å²) in [6, 6.07) is 39.0. The third-order valence-corrected chi connectivity index (χ3v) is 13.9. The molecule has 4 nitrogen and oxygen atoms in total. The van der Waals surface area contributed by atoms with Crippen LogP contribution in [-0.2, 0) is 15.7 Å². The predicted octanol–water partition coefficient (Wildman–Crippen LogP) is -0.732. The topological polar surface area (TPSA) is 52.6 Å². The molecule has 0 aliphatic carbocycles. The third-order valence-electron chi connectivity index (χ3n) is 4.74. The number of carbonyl (C=O) groups excluding carboxylic acids is 2. The number of hydrogen-bond acceptors (Lipinski definition) is 4. The summed E-state index contributed by atoms with van der Waals surface area (Å²) in [5, 5.41) is 0. The van der Waals surface area contributed by atoms with Crippen molar-refractivity contribution in [3.05, 3.63) is 136 Å². The van der Waals surface area contributed by atoms with Gasteiger partial charge in [0, 0.05) is 0 Å². The molecule has 2 radical (unpaired) electrons. The lowest BCUT2D eigenvalue weighted by Crippen LogP contribution is -3.86. The van der Waals surface area contributed by atoms with Gasteiger partial charge in [-0.25, -0.2) is 15.7 Å². The molecular formula is C28H24I2O4+2. The SMILES string of the molecule is CC(C(=O)O[I+](c1ccccc1)c1ccccc1)C(=O)O[I+](c1ccccc1)c1ccccc1. The molecule has 0 aliphatic heterocycles. The molecule has 0 aliphatic rings. The molecule has 6 heteroatoms. The highest BCUT2D eigenvalue weighted by Gasteiger charge is 2.42. The van der Waals surface area contributed by atoms with Crippen LogP contribution in [-0.4, -0.2) is 11.9 Å². The Hall–Kier alpha value is -2.72. The fourth-order valence-electron chi connectivity index (χ4n) is 2.93. The lowest BCUT2D eigenvalue weighted by atomic mass is 10.2. The van der Waals surface area contributed by atoms with Crippen molar-refractivity contribution in [3.63, 3.8) is 0 Å². The Morgan fingerprint density at radius 3 is 0.971 bits per heavy atom. The highest BCUT2D eigenvalue weighted by molar-refractivity contribution is 5.93. The zero-order chi connectivity index (χ0) is 23.8. The van der Waals surface area contributed by atoms with E-state index in [2.05, 4.69) is 0 Å². The maximum atomic E-state index is 13.1. The lowest BCUT2D eigenvalue weighted by molar-refractivity contribution is -1.04. The number of rotatable bonds is 8. The number of hydrogen-bond donors (Lipinski definition) is 0. The second kappa shape index (κ2) is 12.1. The third kappa shape index (κ3) is 6.24. The van der Waals surface area contributed by atoms with Gasteiger partial charge in [-0.05, 0) is 55.5 Å². The fraction of sp³-hybridized carbons (Fsp3) is 0.0714. The quantitative estimate of drug-likeness (QED) is 0.183. The van der Waals surface area contributed by atoms with Crippen LogP contribution in [0, 0.1) is 20.2 Å². The van der Waals surface area contributed by atoms with Gasteiger partial charge < -0.3 is 0 Å². The highest BCUT2D eigenvalue weighted by Crippen LogP contribution is 1.99. The van der Waals surface area contributed by atoms with Crippen LogP contribution in [0.25, 0.3) is 0 Å². The van der Waals surface area contributed by atoms with Crippen molar-refractivity contribution in [1.82, 2.24) is 0 Å². The first-order valence-corrected chi connectivity index (χ1v) is 16.8. The van der Waals surface area contributed by atoms with Crippen molar-refractivity contribution in [2.75, 3.05) is 0 Å². The van der Waals surface area contributed by atoms with Gasteiger partial charge in [0.05, 0.1) is 0 Å². The van der Waals surface area contributed by atoms with Crippen molar-refractivity contribution in [2.24, 2.45) is 5.92 Å². The maximum absolute atomic E-state index is 13.1. The van der Waals surface area contributed by atoms with Crippen LogP contribution in [0.15, 0.2) is 121 Å². The molecule has 4 rings (SSSR count). The van der Waals surface area contributed by atoms with Crippen LogP contribution < -0.4 is 40.5 Å². The first-order chi connectivity index (χ1) is 16.6. The Morgan fingerprint density at radius 2 is 0.735 bits per heavy atom. The van der Waals surface area contributed by atoms with Gasteiger partial charge in [-0.2, -0.15) is 0 Å². The van der Waals surface area contributed by atoms with E-state index in [1.54, 1.807) is 6.92 Å². The van der Waals surface area contributed by atoms with Crippen molar-refractivity contribution >= 4 is 11.9 Å². The predicted molar refractivity (Wildman–Crippen MR) is 122 cm³/mol. The number of benzene rings is 4. The molecule has 0 spiro atoms. The molecule has 0 saturated carbocycles. The molecule has 0 saturated heterocycles. The van der Waals surface area contributed by atoms with E-state index < -0.39 is 58.3 Å². The summed E-state index contributed by atoms with van der Waals surface area (Å²) in [7, 11) is 0. The minimum atomic E-state index is -2.52. The van der Waals surface area contributed by atoms with Gasteiger partial charge in [-0.3, -0.25) is 0 Å². The summed E-state index contributed by atoms with van der Waals surface area (Å²) in [5.74, 6) is -2.10. The molecule has 0 bridgehead atoms. The Morgan fingerprint density at radius 1 is 0.500 bits per heavy atom. The van der Waals surface area contributed by atoms with E-state index in [9.17, 15) is 9.59 Å². The van der Waals surface area contributed by atoms with Crippen LogP contribution in [0.4, 0.5) is 0 Å². The fourth-order valence-corrected chi connectivity index (χ4v) is 11.3. The Balaban J connectivity index is 1.53. The zero-order valence-corrected chi connectivity index (χ0v) is 22.8. The van der Waals surface area contributed by atoms with Gasteiger partial charge in [-0.1, -0.05) is 72.8 Å². The normalized spacial score (nSPS) is 10.9. The largest absolute Gasteiger partial charge is 0.374 e. The Kier molecular flexibility index (Phi) is 8.70. The average Bonchev–Trinajstić information content (AvgIpc) is 2.91.